The average Bonchev–Trinajstić information content (AvgIpc) is 2.40. The molecule has 0 aliphatic heterocycles. The third-order valence-electron chi connectivity index (χ3n) is 2.54. The van der Waals surface area contributed by atoms with Crippen molar-refractivity contribution in [2.45, 2.75) is 37.4 Å². The van der Waals surface area contributed by atoms with Crippen LogP contribution in [-0.2, 0) is 0 Å². The molecule has 0 radical (unpaired) electrons. The lowest BCUT2D eigenvalue weighted by atomic mass is 10.3. The van der Waals surface area contributed by atoms with E-state index in [-0.39, 0.29) is 0 Å². The molecule has 0 aromatic carbocycles. The van der Waals surface area contributed by atoms with Gasteiger partial charge in [-0.3, -0.25) is 0 Å². The van der Waals surface area contributed by atoms with Gasteiger partial charge in [-0.25, -0.2) is 19.9 Å². The molecule has 2 aromatic heterocycles. The van der Waals surface area contributed by atoms with E-state index in [1.807, 2.05) is 19.9 Å². The molecule has 0 atom stereocenters. The van der Waals surface area contributed by atoms with Crippen molar-refractivity contribution in [2.75, 3.05) is 11.9 Å². The number of nitrogens with zero attached hydrogens (tertiary/aromatic N) is 4. The van der Waals surface area contributed by atoms with Gasteiger partial charge >= 0.3 is 0 Å². The van der Waals surface area contributed by atoms with Crippen LogP contribution in [0.5, 0.6) is 0 Å². The second kappa shape index (κ2) is 6.47. The van der Waals surface area contributed by atoms with Gasteiger partial charge in [0.2, 0.25) is 0 Å². The SMILES string of the molecule is CCCNc1ncnc(Sc2nccc(C)n2)c1C. The number of hydrogen-bond acceptors (Lipinski definition) is 6. The lowest BCUT2D eigenvalue weighted by Gasteiger charge is -2.09. The number of aromatic nitrogens is 4. The fourth-order valence-electron chi connectivity index (χ4n) is 1.52. The minimum absolute atomic E-state index is 0.711. The highest BCUT2D eigenvalue weighted by Crippen LogP contribution is 2.28. The number of nitrogens with one attached hydrogen (secondary N) is 1. The minimum atomic E-state index is 0.711. The first kappa shape index (κ1) is 13.7. The predicted octanol–water partition coefficient (Wildman–Crippen LogP) is 2.86. The van der Waals surface area contributed by atoms with E-state index in [1.165, 1.54) is 11.8 Å². The van der Waals surface area contributed by atoms with Gasteiger partial charge in [0.15, 0.2) is 5.16 Å². The molecule has 0 saturated carbocycles. The monoisotopic (exact) mass is 275 g/mol. The summed E-state index contributed by atoms with van der Waals surface area (Å²) >= 11 is 1.46. The van der Waals surface area contributed by atoms with Crippen LogP contribution in [0.15, 0.2) is 28.8 Å². The van der Waals surface area contributed by atoms with Gasteiger partial charge < -0.3 is 5.32 Å². The summed E-state index contributed by atoms with van der Waals surface area (Å²) in [6, 6.07) is 1.88. The molecule has 1 N–H and O–H groups in total. The van der Waals surface area contributed by atoms with Gasteiger partial charge in [0, 0.05) is 24.0 Å². The maximum atomic E-state index is 4.37. The van der Waals surface area contributed by atoms with Gasteiger partial charge in [-0.05, 0) is 38.1 Å². The van der Waals surface area contributed by atoms with Crippen LogP contribution in [0.1, 0.15) is 24.6 Å². The molecule has 2 rings (SSSR count). The third kappa shape index (κ3) is 3.64. The smallest absolute Gasteiger partial charge is 0.194 e. The summed E-state index contributed by atoms with van der Waals surface area (Å²) in [5, 5.41) is 4.89. The summed E-state index contributed by atoms with van der Waals surface area (Å²) in [6.07, 6.45) is 4.40. The fourth-order valence-corrected chi connectivity index (χ4v) is 2.35. The van der Waals surface area contributed by atoms with Gasteiger partial charge in [0.05, 0.1) is 0 Å². The Hall–Kier alpha value is -1.69. The Labute approximate surface area is 117 Å². The maximum absolute atomic E-state index is 4.37. The van der Waals surface area contributed by atoms with Crippen molar-refractivity contribution < 1.29 is 0 Å². The standard InChI is InChI=1S/C13H17N5S/c1-4-6-14-11-10(3)12(17-8-16-11)19-13-15-7-5-9(2)18-13/h5,7-8H,4,6H2,1-3H3,(H,14,16,17). The molecule has 100 valence electrons. The summed E-state index contributed by atoms with van der Waals surface area (Å²) in [4.78, 5) is 17.2. The van der Waals surface area contributed by atoms with Crippen molar-refractivity contribution in [3.05, 3.63) is 29.8 Å². The Morgan fingerprint density at radius 1 is 1.21 bits per heavy atom. The first-order chi connectivity index (χ1) is 9.20. The van der Waals surface area contributed by atoms with Gasteiger partial charge in [0.25, 0.3) is 0 Å². The highest BCUT2D eigenvalue weighted by molar-refractivity contribution is 7.99. The Morgan fingerprint density at radius 2 is 2.05 bits per heavy atom. The first-order valence-corrected chi connectivity index (χ1v) is 7.05. The molecule has 0 spiro atoms. The summed E-state index contributed by atoms with van der Waals surface area (Å²) in [5.41, 5.74) is 1.99. The normalized spacial score (nSPS) is 10.5. The van der Waals surface area contributed by atoms with Crippen LogP contribution < -0.4 is 5.32 Å². The van der Waals surface area contributed by atoms with E-state index >= 15 is 0 Å². The topological polar surface area (TPSA) is 63.6 Å². The van der Waals surface area contributed by atoms with Gasteiger partial charge in [0.1, 0.15) is 17.2 Å². The maximum Gasteiger partial charge on any atom is 0.194 e. The van der Waals surface area contributed by atoms with Crippen molar-refractivity contribution in [2.24, 2.45) is 0 Å². The van der Waals surface area contributed by atoms with Crippen LogP contribution in [0, 0.1) is 13.8 Å². The van der Waals surface area contributed by atoms with Crippen LogP contribution in [0.4, 0.5) is 5.82 Å². The second-order valence-electron chi connectivity index (χ2n) is 4.16. The summed E-state index contributed by atoms with van der Waals surface area (Å²) in [6.45, 7) is 6.99. The molecule has 19 heavy (non-hydrogen) atoms. The van der Waals surface area contributed by atoms with Crippen molar-refractivity contribution in [3.8, 4) is 0 Å². The minimum Gasteiger partial charge on any atom is -0.370 e. The van der Waals surface area contributed by atoms with Crippen molar-refractivity contribution in [3.63, 3.8) is 0 Å². The molecule has 5 nitrogen and oxygen atoms in total. The average molecular weight is 275 g/mol. The third-order valence-corrected chi connectivity index (χ3v) is 3.53. The Kier molecular flexibility index (Phi) is 4.68. The zero-order chi connectivity index (χ0) is 13.7. The zero-order valence-corrected chi connectivity index (χ0v) is 12.2. The number of rotatable bonds is 5. The molecule has 0 bridgehead atoms. The van der Waals surface area contributed by atoms with E-state index in [1.54, 1.807) is 12.5 Å². The van der Waals surface area contributed by atoms with Crippen LogP contribution in [-0.4, -0.2) is 26.5 Å². The number of hydrogen-bond donors (Lipinski definition) is 1. The van der Waals surface area contributed by atoms with Crippen molar-refractivity contribution in [1.82, 2.24) is 19.9 Å². The highest BCUT2D eigenvalue weighted by atomic mass is 32.2. The Balaban J connectivity index is 2.20. The molecule has 2 heterocycles. The van der Waals surface area contributed by atoms with Crippen molar-refractivity contribution in [1.29, 1.82) is 0 Å². The molecule has 0 aliphatic carbocycles. The molecule has 0 saturated heterocycles. The van der Waals surface area contributed by atoms with E-state index in [0.29, 0.717) is 5.16 Å². The molecule has 2 aromatic rings. The lowest BCUT2D eigenvalue weighted by molar-refractivity contribution is 0.914. The van der Waals surface area contributed by atoms with E-state index in [0.717, 1.165) is 35.1 Å². The van der Waals surface area contributed by atoms with E-state index in [4.69, 9.17) is 0 Å². The van der Waals surface area contributed by atoms with Crippen LogP contribution in [0.2, 0.25) is 0 Å². The molecule has 0 unspecified atom stereocenters. The Bertz CT molecular complexity index is 558. The molecule has 6 heteroatoms. The van der Waals surface area contributed by atoms with Crippen LogP contribution >= 0.6 is 11.8 Å². The number of anilines is 1. The van der Waals surface area contributed by atoms with Gasteiger partial charge in [-0.15, -0.1) is 0 Å². The molecule has 0 fully saturated rings. The van der Waals surface area contributed by atoms with Gasteiger partial charge in [-0.2, -0.15) is 0 Å². The quantitative estimate of drug-likeness (QED) is 0.668. The lowest BCUT2D eigenvalue weighted by Crippen LogP contribution is -2.05. The summed E-state index contributed by atoms with van der Waals surface area (Å²) in [7, 11) is 0. The molecular weight excluding hydrogens is 258 g/mol. The second-order valence-corrected chi connectivity index (χ2v) is 5.12. The predicted molar refractivity (Wildman–Crippen MR) is 76.4 cm³/mol. The molecular formula is C13H17N5S. The van der Waals surface area contributed by atoms with Crippen LogP contribution in [0.3, 0.4) is 0 Å². The van der Waals surface area contributed by atoms with E-state index < -0.39 is 0 Å². The largest absolute Gasteiger partial charge is 0.370 e. The molecule has 0 aliphatic rings. The van der Waals surface area contributed by atoms with E-state index in [9.17, 15) is 0 Å². The van der Waals surface area contributed by atoms with E-state index in [2.05, 4.69) is 32.2 Å². The molecule has 0 amide bonds. The summed E-state index contributed by atoms with van der Waals surface area (Å²) < 4.78 is 0. The van der Waals surface area contributed by atoms with Crippen molar-refractivity contribution >= 4 is 17.6 Å². The fraction of sp³-hybridized carbons (Fsp3) is 0.385. The van der Waals surface area contributed by atoms with Gasteiger partial charge in [-0.1, -0.05) is 6.92 Å². The first-order valence-electron chi connectivity index (χ1n) is 6.23. The highest BCUT2D eigenvalue weighted by Gasteiger charge is 2.09. The zero-order valence-electron chi connectivity index (χ0n) is 11.3. The van der Waals surface area contributed by atoms with Crippen LogP contribution in [0.25, 0.3) is 0 Å². The summed E-state index contributed by atoms with van der Waals surface area (Å²) in [5.74, 6) is 0.881. The Morgan fingerprint density at radius 3 is 2.79 bits per heavy atom. The number of aryl methyl sites for hydroxylation is 1.